The molecule has 2 aromatic heterocycles. The number of nitrogens with zero attached hydrogens (tertiary/aromatic N) is 2. The van der Waals surface area contributed by atoms with E-state index in [0.717, 1.165) is 0 Å². The van der Waals surface area contributed by atoms with Crippen LogP contribution in [0.2, 0.25) is 10.3 Å². The number of hydrogen-bond acceptors (Lipinski definition) is 3. The summed E-state index contributed by atoms with van der Waals surface area (Å²) >= 11 is 11.5. The van der Waals surface area contributed by atoms with Crippen molar-refractivity contribution in [3.8, 4) is 0 Å². The molecule has 1 amide bonds. The van der Waals surface area contributed by atoms with Crippen LogP contribution in [0.15, 0.2) is 30.5 Å². The molecular weight excluding hydrogens is 273 g/mol. The molecule has 0 unspecified atom stereocenters. The zero-order valence-electron chi connectivity index (χ0n) is 9.45. The van der Waals surface area contributed by atoms with E-state index in [9.17, 15) is 4.79 Å². The molecule has 0 bridgehead atoms. The molecular formula is C12H9Cl2N3O. The first-order chi connectivity index (χ1) is 8.54. The van der Waals surface area contributed by atoms with Gasteiger partial charge in [0.15, 0.2) is 0 Å². The molecule has 18 heavy (non-hydrogen) atoms. The van der Waals surface area contributed by atoms with Gasteiger partial charge in [0.25, 0.3) is 5.91 Å². The number of halogens is 2. The van der Waals surface area contributed by atoms with Crippen LogP contribution in [-0.2, 0) is 0 Å². The van der Waals surface area contributed by atoms with Crippen molar-refractivity contribution in [3.63, 3.8) is 0 Å². The Morgan fingerprint density at radius 2 is 2.00 bits per heavy atom. The molecule has 2 aromatic rings. The Kier molecular flexibility index (Phi) is 3.79. The van der Waals surface area contributed by atoms with Gasteiger partial charge in [-0.1, -0.05) is 23.2 Å². The molecule has 0 saturated carbocycles. The molecule has 0 aliphatic carbocycles. The molecule has 4 nitrogen and oxygen atoms in total. The van der Waals surface area contributed by atoms with E-state index in [1.54, 1.807) is 25.1 Å². The van der Waals surface area contributed by atoms with E-state index in [4.69, 9.17) is 23.2 Å². The van der Waals surface area contributed by atoms with Crippen molar-refractivity contribution >= 4 is 34.8 Å². The minimum absolute atomic E-state index is 0.273. The number of carbonyl (C=O) groups is 1. The van der Waals surface area contributed by atoms with Gasteiger partial charge in [-0.05, 0) is 31.2 Å². The number of rotatable bonds is 2. The lowest BCUT2D eigenvalue weighted by Gasteiger charge is -2.06. The van der Waals surface area contributed by atoms with Gasteiger partial charge in [-0.3, -0.25) is 4.79 Å². The van der Waals surface area contributed by atoms with Gasteiger partial charge >= 0.3 is 0 Å². The Bertz CT molecular complexity index is 581. The van der Waals surface area contributed by atoms with Crippen molar-refractivity contribution in [1.29, 1.82) is 0 Å². The number of pyridine rings is 2. The van der Waals surface area contributed by atoms with E-state index < -0.39 is 0 Å². The molecule has 0 atom stereocenters. The van der Waals surface area contributed by atoms with Crippen LogP contribution in [0.3, 0.4) is 0 Å². The Morgan fingerprint density at radius 1 is 1.22 bits per heavy atom. The van der Waals surface area contributed by atoms with Crippen molar-refractivity contribution in [2.24, 2.45) is 0 Å². The molecule has 92 valence electrons. The average molecular weight is 282 g/mol. The zero-order chi connectivity index (χ0) is 13.1. The normalized spacial score (nSPS) is 10.2. The van der Waals surface area contributed by atoms with Crippen LogP contribution in [0.4, 0.5) is 5.69 Å². The quantitative estimate of drug-likeness (QED) is 0.859. The summed E-state index contributed by atoms with van der Waals surface area (Å²) in [5.41, 5.74) is 1.70. The number of amides is 1. The number of aromatic nitrogens is 2. The second-order valence-electron chi connectivity index (χ2n) is 3.64. The highest BCUT2D eigenvalue weighted by Crippen LogP contribution is 2.15. The summed E-state index contributed by atoms with van der Waals surface area (Å²) in [5.74, 6) is -0.273. The maximum atomic E-state index is 12.0. The molecule has 0 spiro atoms. The zero-order valence-corrected chi connectivity index (χ0v) is 11.0. The highest BCUT2D eigenvalue weighted by atomic mass is 35.5. The second kappa shape index (κ2) is 5.33. The fourth-order valence-corrected chi connectivity index (χ4v) is 1.87. The van der Waals surface area contributed by atoms with Crippen LogP contribution < -0.4 is 5.32 Å². The molecule has 2 heterocycles. The fraction of sp³-hybridized carbons (Fsp3) is 0.0833. The molecule has 0 fully saturated rings. The van der Waals surface area contributed by atoms with Gasteiger partial charge in [-0.2, -0.15) is 0 Å². The molecule has 0 aromatic carbocycles. The Balaban J connectivity index is 2.22. The van der Waals surface area contributed by atoms with Gasteiger partial charge in [0.1, 0.15) is 10.3 Å². The topological polar surface area (TPSA) is 54.9 Å². The molecule has 0 aliphatic rings. The molecule has 1 N–H and O–H groups in total. The summed E-state index contributed by atoms with van der Waals surface area (Å²) in [4.78, 5) is 19.8. The Morgan fingerprint density at radius 3 is 2.67 bits per heavy atom. The Labute approximate surface area is 114 Å². The molecule has 0 radical (unpaired) electrons. The van der Waals surface area contributed by atoms with E-state index in [-0.39, 0.29) is 11.1 Å². The highest BCUT2D eigenvalue weighted by molar-refractivity contribution is 6.30. The maximum Gasteiger partial charge on any atom is 0.255 e. The van der Waals surface area contributed by atoms with Crippen molar-refractivity contribution < 1.29 is 4.79 Å². The lowest BCUT2D eigenvalue weighted by molar-refractivity contribution is 0.102. The number of aryl methyl sites for hydroxylation is 1. The van der Waals surface area contributed by atoms with Crippen LogP contribution in [-0.4, -0.2) is 15.9 Å². The summed E-state index contributed by atoms with van der Waals surface area (Å²) < 4.78 is 0. The van der Waals surface area contributed by atoms with Gasteiger partial charge in [0, 0.05) is 23.1 Å². The van der Waals surface area contributed by atoms with Crippen molar-refractivity contribution in [1.82, 2.24) is 9.97 Å². The van der Waals surface area contributed by atoms with E-state index >= 15 is 0 Å². The van der Waals surface area contributed by atoms with Crippen molar-refractivity contribution in [3.05, 3.63) is 52.0 Å². The standard InChI is InChI=1S/C12H9Cl2N3O/c1-7-4-8(5-11(14)16-7)12(18)17-9-2-3-15-10(13)6-9/h2-6H,1H3,(H,15,17,18). The number of anilines is 1. The third-order valence-corrected chi connectivity index (χ3v) is 2.57. The minimum Gasteiger partial charge on any atom is -0.322 e. The summed E-state index contributed by atoms with van der Waals surface area (Å²) in [5, 5.41) is 3.31. The highest BCUT2D eigenvalue weighted by Gasteiger charge is 2.08. The number of hydrogen-bond donors (Lipinski definition) is 1. The fourth-order valence-electron chi connectivity index (χ4n) is 1.44. The van der Waals surface area contributed by atoms with Gasteiger partial charge in [-0.25, -0.2) is 9.97 Å². The molecule has 2 rings (SSSR count). The second-order valence-corrected chi connectivity index (χ2v) is 4.42. The van der Waals surface area contributed by atoms with Crippen molar-refractivity contribution in [2.45, 2.75) is 6.92 Å². The summed E-state index contributed by atoms with van der Waals surface area (Å²) in [6.07, 6.45) is 1.52. The Hall–Kier alpha value is -1.65. The van der Waals surface area contributed by atoms with Gasteiger partial charge in [0.2, 0.25) is 0 Å². The molecule has 0 saturated heterocycles. The van der Waals surface area contributed by atoms with Crippen LogP contribution in [0.5, 0.6) is 0 Å². The third kappa shape index (κ3) is 3.18. The average Bonchev–Trinajstić information content (AvgIpc) is 2.27. The van der Waals surface area contributed by atoms with Crippen LogP contribution in [0.1, 0.15) is 16.1 Å². The smallest absolute Gasteiger partial charge is 0.255 e. The lowest BCUT2D eigenvalue weighted by atomic mass is 10.2. The molecule has 0 aliphatic heterocycles. The largest absolute Gasteiger partial charge is 0.322 e. The number of nitrogens with one attached hydrogen (secondary N) is 1. The summed E-state index contributed by atoms with van der Waals surface area (Å²) in [6.45, 7) is 1.77. The summed E-state index contributed by atoms with van der Waals surface area (Å²) in [6, 6.07) is 6.38. The van der Waals surface area contributed by atoms with Crippen LogP contribution in [0, 0.1) is 6.92 Å². The first-order valence-electron chi connectivity index (χ1n) is 5.12. The van der Waals surface area contributed by atoms with Gasteiger partial charge < -0.3 is 5.32 Å². The van der Waals surface area contributed by atoms with E-state index in [0.29, 0.717) is 22.1 Å². The molecule has 6 heteroatoms. The lowest BCUT2D eigenvalue weighted by Crippen LogP contribution is -2.12. The van der Waals surface area contributed by atoms with Gasteiger partial charge in [-0.15, -0.1) is 0 Å². The van der Waals surface area contributed by atoms with Crippen LogP contribution >= 0.6 is 23.2 Å². The first kappa shape index (κ1) is 12.8. The third-order valence-electron chi connectivity index (χ3n) is 2.17. The monoisotopic (exact) mass is 281 g/mol. The van der Waals surface area contributed by atoms with E-state index in [2.05, 4.69) is 15.3 Å². The first-order valence-corrected chi connectivity index (χ1v) is 5.87. The van der Waals surface area contributed by atoms with Crippen molar-refractivity contribution in [2.75, 3.05) is 5.32 Å². The SMILES string of the molecule is Cc1cc(C(=O)Nc2ccnc(Cl)c2)cc(Cl)n1. The van der Waals surface area contributed by atoms with Gasteiger partial charge in [0.05, 0.1) is 0 Å². The van der Waals surface area contributed by atoms with E-state index in [1.807, 2.05) is 0 Å². The number of carbonyl (C=O) groups excluding carboxylic acids is 1. The minimum atomic E-state index is -0.273. The predicted molar refractivity (Wildman–Crippen MR) is 71.2 cm³/mol. The predicted octanol–water partition coefficient (Wildman–Crippen LogP) is 3.34. The maximum absolute atomic E-state index is 12.0. The van der Waals surface area contributed by atoms with E-state index in [1.165, 1.54) is 12.3 Å². The van der Waals surface area contributed by atoms with Crippen LogP contribution in [0.25, 0.3) is 0 Å². The summed E-state index contributed by atoms with van der Waals surface area (Å²) in [7, 11) is 0.